The zero-order chi connectivity index (χ0) is 13.1. The Morgan fingerprint density at radius 3 is 2.84 bits per heavy atom. The van der Waals surface area contributed by atoms with Crippen molar-refractivity contribution in [2.75, 3.05) is 11.9 Å². The summed E-state index contributed by atoms with van der Waals surface area (Å²) in [6.07, 6.45) is 4.12. The molecule has 0 aliphatic heterocycles. The van der Waals surface area contributed by atoms with E-state index >= 15 is 0 Å². The highest BCUT2D eigenvalue weighted by Gasteiger charge is 2.03. The van der Waals surface area contributed by atoms with E-state index in [0.29, 0.717) is 5.65 Å². The van der Waals surface area contributed by atoms with Crippen LogP contribution in [0.4, 0.5) is 5.82 Å². The predicted molar refractivity (Wildman–Crippen MR) is 68.9 cm³/mol. The molecule has 3 aromatic rings. The molecular weight excluding hydrogens is 244 g/mol. The molecule has 0 aliphatic carbocycles. The summed E-state index contributed by atoms with van der Waals surface area (Å²) in [5.41, 5.74) is 1.75. The van der Waals surface area contributed by atoms with Crippen LogP contribution in [0.25, 0.3) is 5.65 Å². The molecule has 0 radical (unpaired) electrons. The van der Waals surface area contributed by atoms with E-state index < -0.39 is 0 Å². The van der Waals surface area contributed by atoms with Crippen LogP contribution in [0.1, 0.15) is 5.56 Å². The molecule has 0 amide bonds. The molecule has 7 heteroatoms. The number of phenolic OH excluding ortho intramolecular Hbond substituents is 1. The van der Waals surface area contributed by atoms with Gasteiger partial charge in [-0.15, -0.1) is 5.10 Å². The first-order chi connectivity index (χ1) is 9.33. The molecule has 19 heavy (non-hydrogen) atoms. The number of tetrazole rings is 1. The molecule has 0 fully saturated rings. The number of nitrogens with one attached hydrogen (secondary N) is 1. The van der Waals surface area contributed by atoms with Crippen LogP contribution < -0.4 is 5.32 Å². The van der Waals surface area contributed by atoms with Crippen LogP contribution in [0.3, 0.4) is 0 Å². The fraction of sp³-hybridized carbons (Fsp3) is 0.167. The second-order valence-electron chi connectivity index (χ2n) is 4.08. The van der Waals surface area contributed by atoms with E-state index in [4.69, 9.17) is 0 Å². The van der Waals surface area contributed by atoms with Crippen molar-refractivity contribution in [2.24, 2.45) is 0 Å². The van der Waals surface area contributed by atoms with Gasteiger partial charge in [0.1, 0.15) is 11.6 Å². The highest BCUT2D eigenvalue weighted by atomic mass is 16.3. The molecule has 1 aromatic carbocycles. The van der Waals surface area contributed by atoms with Gasteiger partial charge in [-0.2, -0.15) is 4.52 Å². The Hall–Kier alpha value is -2.70. The topological polar surface area (TPSA) is 88.2 Å². The number of hydrogen-bond acceptors (Lipinski definition) is 6. The second kappa shape index (κ2) is 4.89. The van der Waals surface area contributed by atoms with E-state index in [0.717, 1.165) is 24.3 Å². The van der Waals surface area contributed by atoms with Crippen molar-refractivity contribution in [3.63, 3.8) is 0 Å². The predicted octanol–water partition coefficient (Wildman–Crippen LogP) is 0.879. The molecule has 0 unspecified atom stereocenters. The summed E-state index contributed by atoms with van der Waals surface area (Å²) >= 11 is 0. The number of benzene rings is 1. The third kappa shape index (κ3) is 2.44. The van der Waals surface area contributed by atoms with E-state index in [2.05, 4.69) is 25.8 Å². The van der Waals surface area contributed by atoms with Gasteiger partial charge in [0.05, 0.1) is 12.4 Å². The summed E-state index contributed by atoms with van der Waals surface area (Å²) in [5.74, 6) is 1.03. The lowest BCUT2D eigenvalue weighted by Crippen LogP contribution is -2.09. The maximum absolute atomic E-state index is 9.21. The summed E-state index contributed by atoms with van der Waals surface area (Å²) < 4.78 is 1.60. The van der Waals surface area contributed by atoms with Gasteiger partial charge < -0.3 is 10.4 Å². The Balaban J connectivity index is 1.66. The molecular formula is C12H12N6O. The van der Waals surface area contributed by atoms with Gasteiger partial charge in [-0.25, -0.2) is 0 Å². The van der Waals surface area contributed by atoms with Gasteiger partial charge in [-0.05, 0) is 34.5 Å². The van der Waals surface area contributed by atoms with E-state index in [1.54, 1.807) is 29.0 Å². The van der Waals surface area contributed by atoms with Gasteiger partial charge in [-0.3, -0.25) is 4.98 Å². The van der Waals surface area contributed by atoms with E-state index in [1.165, 1.54) is 0 Å². The fourth-order valence-corrected chi connectivity index (χ4v) is 1.79. The largest absolute Gasteiger partial charge is 0.508 e. The molecule has 0 bridgehead atoms. The number of nitrogens with zero attached hydrogens (tertiary/aromatic N) is 5. The standard InChI is InChI=1S/C12H12N6O/c19-10-3-1-9(2-4-10)5-6-14-11-7-13-8-12-15-16-17-18(11)12/h1-4,7-8,14,19H,5-6H2. The highest BCUT2D eigenvalue weighted by Crippen LogP contribution is 2.11. The number of anilines is 1. The Kier molecular flexibility index (Phi) is 2.93. The van der Waals surface area contributed by atoms with Crippen molar-refractivity contribution in [1.29, 1.82) is 0 Å². The second-order valence-corrected chi connectivity index (χ2v) is 4.08. The fourth-order valence-electron chi connectivity index (χ4n) is 1.79. The lowest BCUT2D eigenvalue weighted by Gasteiger charge is -2.06. The van der Waals surface area contributed by atoms with Gasteiger partial charge in [0.15, 0.2) is 5.65 Å². The number of aromatic nitrogens is 5. The zero-order valence-corrected chi connectivity index (χ0v) is 10.1. The van der Waals surface area contributed by atoms with E-state index in [-0.39, 0.29) is 5.75 Å². The molecule has 7 nitrogen and oxygen atoms in total. The van der Waals surface area contributed by atoms with Crippen LogP contribution >= 0.6 is 0 Å². The number of fused-ring (bicyclic) bond motifs is 1. The summed E-state index contributed by atoms with van der Waals surface area (Å²) in [6.45, 7) is 0.728. The van der Waals surface area contributed by atoms with Gasteiger partial charge in [0.25, 0.3) is 0 Å². The lowest BCUT2D eigenvalue weighted by molar-refractivity contribution is 0.475. The Labute approximate surface area is 108 Å². The van der Waals surface area contributed by atoms with Crippen molar-refractivity contribution in [1.82, 2.24) is 25.0 Å². The maximum atomic E-state index is 9.21. The number of hydrogen-bond donors (Lipinski definition) is 2. The van der Waals surface area contributed by atoms with Crippen LogP contribution in [0, 0.1) is 0 Å². The number of aromatic hydroxyl groups is 1. The lowest BCUT2D eigenvalue weighted by atomic mass is 10.1. The quantitative estimate of drug-likeness (QED) is 0.720. The monoisotopic (exact) mass is 256 g/mol. The van der Waals surface area contributed by atoms with Gasteiger partial charge in [-0.1, -0.05) is 12.1 Å². The normalized spacial score (nSPS) is 10.7. The Bertz CT molecular complexity index is 678. The third-order valence-corrected chi connectivity index (χ3v) is 2.76. The van der Waals surface area contributed by atoms with Crippen LogP contribution in [0.5, 0.6) is 5.75 Å². The average molecular weight is 256 g/mol. The van der Waals surface area contributed by atoms with Crippen molar-refractivity contribution in [3.05, 3.63) is 42.2 Å². The molecule has 96 valence electrons. The smallest absolute Gasteiger partial charge is 0.199 e. The van der Waals surface area contributed by atoms with Crippen molar-refractivity contribution < 1.29 is 5.11 Å². The van der Waals surface area contributed by atoms with Gasteiger partial charge in [0, 0.05) is 6.54 Å². The van der Waals surface area contributed by atoms with Crippen molar-refractivity contribution >= 4 is 11.5 Å². The minimum absolute atomic E-state index is 0.277. The highest BCUT2D eigenvalue weighted by molar-refractivity contribution is 5.43. The average Bonchev–Trinajstić information content (AvgIpc) is 2.90. The SMILES string of the molecule is Oc1ccc(CCNc2cncc3nnnn23)cc1. The third-order valence-electron chi connectivity index (χ3n) is 2.76. The molecule has 2 heterocycles. The van der Waals surface area contributed by atoms with Crippen molar-refractivity contribution in [3.8, 4) is 5.75 Å². The first kappa shape index (κ1) is 11.4. The number of rotatable bonds is 4. The van der Waals surface area contributed by atoms with Crippen LogP contribution in [0.2, 0.25) is 0 Å². The molecule has 2 aromatic heterocycles. The summed E-state index contributed by atoms with van der Waals surface area (Å²) in [6, 6.07) is 7.15. The summed E-state index contributed by atoms with van der Waals surface area (Å²) in [7, 11) is 0. The molecule has 3 rings (SSSR count). The van der Waals surface area contributed by atoms with E-state index in [9.17, 15) is 5.11 Å². The number of phenols is 1. The Morgan fingerprint density at radius 2 is 2.00 bits per heavy atom. The van der Waals surface area contributed by atoms with Crippen LogP contribution in [-0.2, 0) is 6.42 Å². The molecule has 2 N–H and O–H groups in total. The molecule has 0 atom stereocenters. The molecule has 0 spiro atoms. The van der Waals surface area contributed by atoms with E-state index in [1.807, 2.05) is 12.1 Å². The summed E-state index contributed by atoms with van der Waals surface area (Å²) in [5, 5.41) is 23.7. The summed E-state index contributed by atoms with van der Waals surface area (Å²) in [4.78, 5) is 4.06. The molecule has 0 saturated heterocycles. The first-order valence-electron chi connectivity index (χ1n) is 5.87. The first-order valence-corrected chi connectivity index (χ1v) is 5.87. The van der Waals surface area contributed by atoms with Crippen LogP contribution in [-0.4, -0.2) is 36.7 Å². The van der Waals surface area contributed by atoms with Crippen molar-refractivity contribution in [2.45, 2.75) is 6.42 Å². The zero-order valence-electron chi connectivity index (χ0n) is 10.1. The van der Waals surface area contributed by atoms with Gasteiger partial charge in [0.2, 0.25) is 0 Å². The minimum atomic E-state index is 0.277. The Morgan fingerprint density at radius 1 is 1.16 bits per heavy atom. The van der Waals surface area contributed by atoms with Gasteiger partial charge >= 0.3 is 0 Å². The molecule has 0 saturated carbocycles. The molecule has 0 aliphatic rings. The van der Waals surface area contributed by atoms with Crippen LogP contribution in [0.15, 0.2) is 36.7 Å². The minimum Gasteiger partial charge on any atom is -0.508 e. The maximum Gasteiger partial charge on any atom is 0.199 e.